The quantitative estimate of drug-likeness (QED) is 0.841. The molecular weight excluding hydrogens is 274 g/mol. The number of carbonyl (C=O) groups excluding carboxylic acids is 1. The predicted molar refractivity (Wildman–Crippen MR) is 81.5 cm³/mol. The van der Waals surface area contributed by atoms with Crippen LogP contribution in [0.15, 0.2) is 29.8 Å². The first-order valence-electron chi connectivity index (χ1n) is 6.97. The van der Waals surface area contributed by atoms with Gasteiger partial charge in [0, 0.05) is 16.6 Å². The molecule has 108 valence electrons. The second-order valence-corrected chi connectivity index (χ2v) is 5.80. The highest BCUT2D eigenvalue weighted by atomic mass is 35.5. The lowest BCUT2D eigenvalue weighted by Crippen LogP contribution is -2.38. The Labute approximate surface area is 124 Å². The highest BCUT2D eigenvalue weighted by molar-refractivity contribution is 6.30. The average Bonchev–Trinajstić information content (AvgIpc) is 2.41. The number of hydrogen-bond acceptors (Lipinski definition) is 2. The van der Waals surface area contributed by atoms with Gasteiger partial charge >= 0.3 is 0 Å². The van der Waals surface area contributed by atoms with Crippen molar-refractivity contribution in [3.63, 3.8) is 0 Å². The van der Waals surface area contributed by atoms with E-state index in [-0.39, 0.29) is 18.1 Å². The van der Waals surface area contributed by atoms with Gasteiger partial charge in [0.05, 0.1) is 6.10 Å². The molecule has 1 aliphatic carbocycles. The summed E-state index contributed by atoms with van der Waals surface area (Å²) < 4.78 is 0. The molecule has 0 radical (unpaired) electrons. The minimum Gasteiger partial charge on any atom is -0.393 e. The van der Waals surface area contributed by atoms with Crippen LogP contribution in [0.3, 0.4) is 0 Å². The second kappa shape index (κ2) is 6.91. The standard InChI is InChI=1S/C16H20ClNO2/c1-11(9-12-3-2-4-13(17)10-12)16(20)18-14-5-7-15(19)8-6-14/h2-4,9-10,14-15,19H,5-8H2,1H3,(H,18,20)/b11-9-. The molecule has 3 nitrogen and oxygen atoms in total. The average molecular weight is 294 g/mol. The van der Waals surface area contributed by atoms with Crippen molar-refractivity contribution in [1.82, 2.24) is 5.32 Å². The monoisotopic (exact) mass is 293 g/mol. The van der Waals surface area contributed by atoms with Crippen LogP contribution >= 0.6 is 11.6 Å². The molecule has 1 saturated carbocycles. The highest BCUT2D eigenvalue weighted by Crippen LogP contribution is 2.19. The number of amides is 1. The van der Waals surface area contributed by atoms with E-state index in [1.165, 1.54) is 0 Å². The van der Waals surface area contributed by atoms with Gasteiger partial charge in [0.2, 0.25) is 5.91 Å². The Balaban J connectivity index is 1.94. The maximum Gasteiger partial charge on any atom is 0.247 e. The molecule has 0 aliphatic heterocycles. The molecule has 0 bridgehead atoms. The van der Waals surface area contributed by atoms with E-state index in [2.05, 4.69) is 5.32 Å². The number of benzene rings is 1. The van der Waals surface area contributed by atoms with E-state index < -0.39 is 0 Å². The van der Waals surface area contributed by atoms with E-state index >= 15 is 0 Å². The minimum absolute atomic E-state index is 0.0497. The summed E-state index contributed by atoms with van der Waals surface area (Å²) in [6.07, 6.45) is 4.85. The summed E-state index contributed by atoms with van der Waals surface area (Å²) >= 11 is 5.92. The van der Waals surface area contributed by atoms with Crippen LogP contribution < -0.4 is 5.32 Å². The second-order valence-electron chi connectivity index (χ2n) is 5.36. The zero-order valence-corrected chi connectivity index (χ0v) is 12.4. The van der Waals surface area contributed by atoms with Crippen molar-refractivity contribution in [2.75, 3.05) is 0 Å². The Kier molecular flexibility index (Phi) is 5.21. The molecule has 4 heteroatoms. The molecule has 1 aromatic rings. The van der Waals surface area contributed by atoms with Crippen molar-refractivity contribution in [2.24, 2.45) is 0 Å². The van der Waals surface area contributed by atoms with E-state index in [1.54, 1.807) is 6.92 Å². The fourth-order valence-corrected chi connectivity index (χ4v) is 2.63. The lowest BCUT2D eigenvalue weighted by Gasteiger charge is -2.26. The van der Waals surface area contributed by atoms with Crippen LogP contribution in [0.2, 0.25) is 5.02 Å². The third-order valence-corrected chi connectivity index (χ3v) is 3.86. The van der Waals surface area contributed by atoms with Crippen LogP contribution in [-0.2, 0) is 4.79 Å². The van der Waals surface area contributed by atoms with Gasteiger partial charge in [0.1, 0.15) is 0 Å². The van der Waals surface area contributed by atoms with Crippen LogP contribution in [0.25, 0.3) is 6.08 Å². The van der Waals surface area contributed by atoms with Gasteiger partial charge in [-0.2, -0.15) is 0 Å². The number of hydrogen-bond donors (Lipinski definition) is 2. The van der Waals surface area contributed by atoms with E-state index in [0.29, 0.717) is 10.6 Å². The van der Waals surface area contributed by atoms with Crippen molar-refractivity contribution in [3.05, 3.63) is 40.4 Å². The smallest absolute Gasteiger partial charge is 0.247 e. The Bertz CT molecular complexity index is 505. The minimum atomic E-state index is -0.203. The molecule has 0 unspecified atom stereocenters. The first kappa shape index (κ1) is 15.1. The molecular formula is C16H20ClNO2. The molecule has 0 saturated heterocycles. The van der Waals surface area contributed by atoms with Gasteiger partial charge in [-0.05, 0) is 56.4 Å². The Morgan fingerprint density at radius 2 is 2.05 bits per heavy atom. The van der Waals surface area contributed by atoms with Gasteiger partial charge in [0.15, 0.2) is 0 Å². The third kappa shape index (κ3) is 4.36. The summed E-state index contributed by atoms with van der Waals surface area (Å²) in [5.41, 5.74) is 1.59. The van der Waals surface area contributed by atoms with Gasteiger partial charge in [0.25, 0.3) is 0 Å². The molecule has 1 aliphatic rings. The van der Waals surface area contributed by atoms with E-state index in [9.17, 15) is 9.90 Å². The zero-order valence-electron chi connectivity index (χ0n) is 11.6. The van der Waals surface area contributed by atoms with Gasteiger partial charge in [-0.25, -0.2) is 0 Å². The Morgan fingerprint density at radius 1 is 1.35 bits per heavy atom. The number of halogens is 1. The van der Waals surface area contributed by atoms with Crippen molar-refractivity contribution < 1.29 is 9.90 Å². The summed E-state index contributed by atoms with van der Waals surface area (Å²) in [6, 6.07) is 7.59. The number of rotatable bonds is 3. The van der Waals surface area contributed by atoms with Crippen molar-refractivity contribution in [1.29, 1.82) is 0 Å². The van der Waals surface area contributed by atoms with Gasteiger partial charge < -0.3 is 10.4 Å². The van der Waals surface area contributed by atoms with Gasteiger partial charge in [-0.3, -0.25) is 4.79 Å². The Morgan fingerprint density at radius 3 is 2.70 bits per heavy atom. The van der Waals surface area contributed by atoms with Crippen LogP contribution in [-0.4, -0.2) is 23.2 Å². The predicted octanol–water partition coefficient (Wildman–Crippen LogP) is 3.16. The zero-order chi connectivity index (χ0) is 14.5. The number of nitrogens with one attached hydrogen (secondary N) is 1. The first-order chi connectivity index (χ1) is 9.54. The SMILES string of the molecule is C/C(=C/c1cccc(Cl)c1)C(=O)NC1CCC(O)CC1. The summed E-state index contributed by atoms with van der Waals surface area (Å²) in [5.74, 6) is -0.0497. The molecule has 0 heterocycles. The summed E-state index contributed by atoms with van der Waals surface area (Å²) in [6.45, 7) is 1.80. The molecule has 1 fully saturated rings. The third-order valence-electron chi connectivity index (χ3n) is 3.62. The molecule has 0 atom stereocenters. The highest BCUT2D eigenvalue weighted by Gasteiger charge is 2.21. The first-order valence-corrected chi connectivity index (χ1v) is 7.35. The molecule has 1 aromatic carbocycles. The topological polar surface area (TPSA) is 49.3 Å². The lowest BCUT2D eigenvalue weighted by molar-refractivity contribution is -0.118. The van der Waals surface area contributed by atoms with Gasteiger partial charge in [-0.15, -0.1) is 0 Å². The molecule has 1 amide bonds. The Hall–Kier alpha value is -1.32. The fraction of sp³-hybridized carbons (Fsp3) is 0.438. The molecule has 2 N–H and O–H groups in total. The van der Waals surface area contributed by atoms with Crippen LogP contribution in [0.1, 0.15) is 38.2 Å². The van der Waals surface area contributed by atoms with Crippen molar-refractivity contribution in [3.8, 4) is 0 Å². The van der Waals surface area contributed by atoms with Crippen molar-refractivity contribution >= 4 is 23.6 Å². The van der Waals surface area contributed by atoms with E-state index in [1.807, 2.05) is 30.3 Å². The number of aliphatic hydroxyl groups excluding tert-OH is 1. The van der Waals surface area contributed by atoms with E-state index in [4.69, 9.17) is 11.6 Å². The van der Waals surface area contributed by atoms with Crippen LogP contribution in [0.4, 0.5) is 0 Å². The van der Waals surface area contributed by atoms with Gasteiger partial charge in [-0.1, -0.05) is 23.7 Å². The molecule has 20 heavy (non-hydrogen) atoms. The summed E-state index contributed by atoms with van der Waals surface area (Å²) in [5, 5.41) is 13.1. The van der Waals surface area contributed by atoms with E-state index in [0.717, 1.165) is 31.2 Å². The lowest BCUT2D eigenvalue weighted by atomic mass is 9.93. The number of aliphatic hydroxyl groups is 1. The van der Waals surface area contributed by atoms with Crippen molar-refractivity contribution in [2.45, 2.75) is 44.8 Å². The fourth-order valence-electron chi connectivity index (χ4n) is 2.43. The maximum absolute atomic E-state index is 12.1. The molecule has 0 spiro atoms. The summed E-state index contributed by atoms with van der Waals surface area (Å²) in [7, 11) is 0. The van der Waals surface area contributed by atoms with Crippen LogP contribution in [0, 0.1) is 0 Å². The molecule has 2 rings (SSSR count). The number of carbonyl (C=O) groups is 1. The maximum atomic E-state index is 12.1. The summed E-state index contributed by atoms with van der Waals surface area (Å²) in [4.78, 5) is 12.1. The molecule has 0 aromatic heterocycles. The largest absolute Gasteiger partial charge is 0.393 e. The van der Waals surface area contributed by atoms with Crippen LogP contribution in [0.5, 0.6) is 0 Å². The normalized spacial score (nSPS) is 23.4.